The SMILES string of the molecule is NC(CNC(=O)c1cc2sc(Nc3ccccc3)nc2s1)C1CC1. The van der Waals surface area contributed by atoms with Gasteiger partial charge < -0.3 is 16.4 Å². The van der Waals surface area contributed by atoms with Gasteiger partial charge in [-0.15, -0.1) is 11.3 Å². The van der Waals surface area contributed by atoms with E-state index in [1.54, 1.807) is 11.3 Å². The number of anilines is 2. The first-order valence-electron chi connectivity index (χ1n) is 7.95. The maximum absolute atomic E-state index is 12.2. The molecule has 7 heteroatoms. The van der Waals surface area contributed by atoms with Crippen molar-refractivity contribution in [1.82, 2.24) is 10.3 Å². The average Bonchev–Trinajstić information content (AvgIpc) is 3.26. The minimum absolute atomic E-state index is 0.0566. The first kappa shape index (κ1) is 15.6. The molecule has 1 amide bonds. The van der Waals surface area contributed by atoms with Gasteiger partial charge in [-0.05, 0) is 37.0 Å². The number of fused-ring (bicyclic) bond motifs is 1. The number of hydrogen-bond acceptors (Lipinski definition) is 6. The summed E-state index contributed by atoms with van der Waals surface area (Å²) >= 11 is 2.97. The lowest BCUT2D eigenvalue weighted by Gasteiger charge is -2.10. The van der Waals surface area contributed by atoms with Gasteiger partial charge in [0.2, 0.25) is 0 Å². The van der Waals surface area contributed by atoms with Gasteiger partial charge in [-0.25, -0.2) is 4.98 Å². The van der Waals surface area contributed by atoms with Crippen LogP contribution in [0.15, 0.2) is 36.4 Å². The van der Waals surface area contributed by atoms with Crippen LogP contribution in [0, 0.1) is 5.92 Å². The van der Waals surface area contributed by atoms with Crippen molar-refractivity contribution in [2.75, 3.05) is 11.9 Å². The van der Waals surface area contributed by atoms with Crippen molar-refractivity contribution < 1.29 is 4.79 Å². The molecular weight excluding hydrogens is 340 g/mol. The van der Waals surface area contributed by atoms with E-state index in [9.17, 15) is 4.79 Å². The van der Waals surface area contributed by atoms with Crippen molar-refractivity contribution in [3.05, 3.63) is 41.3 Å². The second kappa shape index (κ2) is 6.51. The molecule has 2 heterocycles. The van der Waals surface area contributed by atoms with Crippen LogP contribution in [-0.4, -0.2) is 23.5 Å². The van der Waals surface area contributed by atoms with Gasteiger partial charge in [0, 0.05) is 18.3 Å². The zero-order valence-electron chi connectivity index (χ0n) is 13.0. The number of rotatable bonds is 6. The molecule has 1 aliphatic carbocycles. The molecule has 3 aromatic rings. The van der Waals surface area contributed by atoms with Gasteiger partial charge >= 0.3 is 0 Å². The predicted molar refractivity (Wildman–Crippen MR) is 100 cm³/mol. The van der Waals surface area contributed by atoms with Crippen LogP contribution in [0.25, 0.3) is 9.53 Å². The molecule has 0 aliphatic heterocycles. The fraction of sp³-hybridized carbons (Fsp3) is 0.294. The van der Waals surface area contributed by atoms with E-state index in [1.165, 1.54) is 24.2 Å². The van der Waals surface area contributed by atoms with E-state index in [4.69, 9.17) is 5.73 Å². The molecule has 1 saturated carbocycles. The lowest BCUT2D eigenvalue weighted by Crippen LogP contribution is -2.38. The molecule has 0 bridgehead atoms. The number of carbonyl (C=O) groups excluding carboxylic acids is 1. The summed E-state index contributed by atoms with van der Waals surface area (Å²) in [4.78, 5) is 18.4. The van der Waals surface area contributed by atoms with Crippen molar-refractivity contribution in [3.63, 3.8) is 0 Å². The standard InChI is InChI=1S/C17H18N4OS2/c18-12(10-6-7-10)9-19-15(22)13-8-14-16(23-13)21-17(24-14)20-11-4-2-1-3-5-11/h1-5,8,10,12H,6-7,9,18H2,(H,19,22)(H,20,21). The Morgan fingerprint density at radius 1 is 1.29 bits per heavy atom. The van der Waals surface area contributed by atoms with Crippen LogP contribution < -0.4 is 16.4 Å². The second-order valence-corrected chi connectivity index (χ2v) is 8.06. The third-order valence-electron chi connectivity index (χ3n) is 4.06. The highest BCUT2D eigenvalue weighted by atomic mass is 32.1. The molecule has 0 spiro atoms. The number of nitrogens with zero attached hydrogens (tertiary/aromatic N) is 1. The number of aromatic nitrogens is 1. The Kier molecular flexibility index (Phi) is 4.22. The quantitative estimate of drug-likeness (QED) is 0.629. The number of hydrogen-bond donors (Lipinski definition) is 3. The van der Waals surface area contributed by atoms with Crippen LogP contribution in [0.3, 0.4) is 0 Å². The molecule has 1 unspecified atom stereocenters. The number of thiophene rings is 1. The van der Waals surface area contributed by atoms with Crippen LogP contribution in [0.4, 0.5) is 10.8 Å². The highest BCUT2D eigenvalue weighted by Gasteiger charge is 2.28. The Morgan fingerprint density at radius 2 is 2.08 bits per heavy atom. The summed E-state index contributed by atoms with van der Waals surface area (Å²) < 4.78 is 1.02. The molecule has 4 rings (SSSR count). The molecule has 1 aliphatic rings. The molecule has 1 fully saturated rings. The number of benzene rings is 1. The number of nitrogens with two attached hydrogens (primary N) is 1. The van der Waals surface area contributed by atoms with E-state index in [-0.39, 0.29) is 11.9 Å². The molecule has 0 radical (unpaired) electrons. The van der Waals surface area contributed by atoms with E-state index in [1.807, 2.05) is 36.4 Å². The van der Waals surface area contributed by atoms with Gasteiger partial charge in [0.25, 0.3) is 5.91 Å². The van der Waals surface area contributed by atoms with Crippen molar-refractivity contribution >= 4 is 48.9 Å². The normalized spacial score (nSPS) is 15.4. The summed E-state index contributed by atoms with van der Waals surface area (Å²) in [7, 11) is 0. The molecule has 24 heavy (non-hydrogen) atoms. The minimum atomic E-state index is -0.0566. The maximum Gasteiger partial charge on any atom is 0.261 e. The Balaban J connectivity index is 1.42. The van der Waals surface area contributed by atoms with Crippen LogP contribution in [0.2, 0.25) is 0 Å². The predicted octanol–water partition coefficient (Wildman–Crippen LogP) is 3.57. The summed E-state index contributed by atoms with van der Waals surface area (Å²) in [5.41, 5.74) is 7.03. The highest BCUT2D eigenvalue weighted by molar-refractivity contribution is 7.29. The van der Waals surface area contributed by atoms with Crippen LogP contribution in [0.1, 0.15) is 22.5 Å². The van der Waals surface area contributed by atoms with Gasteiger partial charge in [-0.1, -0.05) is 29.5 Å². The Hall–Kier alpha value is -1.96. The minimum Gasteiger partial charge on any atom is -0.350 e. The van der Waals surface area contributed by atoms with Gasteiger partial charge in [0.1, 0.15) is 4.83 Å². The Labute approximate surface area is 147 Å². The lowest BCUT2D eigenvalue weighted by molar-refractivity contribution is 0.0954. The Morgan fingerprint density at radius 3 is 2.79 bits per heavy atom. The smallest absolute Gasteiger partial charge is 0.261 e. The van der Waals surface area contributed by atoms with Gasteiger partial charge in [-0.3, -0.25) is 4.79 Å². The first-order valence-corrected chi connectivity index (χ1v) is 9.58. The van der Waals surface area contributed by atoms with Crippen molar-refractivity contribution in [1.29, 1.82) is 0 Å². The highest BCUT2D eigenvalue weighted by Crippen LogP contribution is 2.34. The number of carbonyl (C=O) groups is 1. The van der Waals surface area contributed by atoms with Gasteiger partial charge in [0.05, 0.1) is 9.58 Å². The summed E-state index contributed by atoms with van der Waals surface area (Å²) in [5, 5.41) is 7.06. The largest absolute Gasteiger partial charge is 0.350 e. The molecule has 1 aromatic carbocycles. The second-order valence-electron chi connectivity index (χ2n) is 6.00. The molecule has 5 nitrogen and oxygen atoms in total. The van der Waals surface area contributed by atoms with Gasteiger partial charge in [-0.2, -0.15) is 0 Å². The van der Waals surface area contributed by atoms with E-state index >= 15 is 0 Å². The molecule has 4 N–H and O–H groups in total. The third kappa shape index (κ3) is 3.43. The van der Waals surface area contributed by atoms with Crippen molar-refractivity contribution in [2.45, 2.75) is 18.9 Å². The maximum atomic E-state index is 12.2. The molecular formula is C17H18N4OS2. The zero-order chi connectivity index (χ0) is 16.5. The van der Waals surface area contributed by atoms with Gasteiger partial charge in [0.15, 0.2) is 5.13 Å². The van der Waals surface area contributed by atoms with E-state index < -0.39 is 0 Å². The lowest BCUT2D eigenvalue weighted by atomic mass is 10.2. The molecule has 0 saturated heterocycles. The monoisotopic (exact) mass is 358 g/mol. The average molecular weight is 358 g/mol. The number of para-hydroxylation sites is 1. The third-order valence-corrected chi connectivity index (χ3v) is 6.14. The van der Waals surface area contributed by atoms with Crippen LogP contribution in [-0.2, 0) is 0 Å². The fourth-order valence-corrected chi connectivity index (χ4v) is 4.59. The zero-order valence-corrected chi connectivity index (χ0v) is 14.6. The number of thiazole rings is 1. The Bertz CT molecular complexity index is 822. The first-order chi connectivity index (χ1) is 11.7. The number of amides is 1. The van der Waals surface area contributed by atoms with Crippen molar-refractivity contribution in [2.24, 2.45) is 11.7 Å². The molecule has 124 valence electrons. The van der Waals surface area contributed by atoms with Crippen LogP contribution >= 0.6 is 22.7 Å². The molecule has 1 atom stereocenters. The van der Waals surface area contributed by atoms with Crippen LogP contribution in [0.5, 0.6) is 0 Å². The van der Waals surface area contributed by atoms with Crippen molar-refractivity contribution in [3.8, 4) is 0 Å². The summed E-state index contributed by atoms with van der Waals surface area (Å²) in [6, 6.07) is 11.9. The van der Waals surface area contributed by atoms with E-state index in [0.29, 0.717) is 17.3 Å². The van der Waals surface area contributed by atoms with E-state index in [0.717, 1.165) is 20.3 Å². The van der Waals surface area contributed by atoms with E-state index in [2.05, 4.69) is 15.6 Å². The fourth-order valence-electron chi connectivity index (χ4n) is 2.53. The summed E-state index contributed by atoms with van der Waals surface area (Å²) in [5.74, 6) is 0.532. The molecule has 2 aromatic heterocycles. The topological polar surface area (TPSA) is 80.0 Å². The summed E-state index contributed by atoms with van der Waals surface area (Å²) in [6.45, 7) is 0.545. The summed E-state index contributed by atoms with van der Waals surface area (Å²) in [6.07, 6.45) is 2.37. The number of nitrogens with one attached hydrogen (secondary N) is 2.